The Morgan fingerprint density at radius 1 is 1.08 bits per heavy atom. The predicted molar refractivity (Wildman–Crippen MR) is 40.4 cm³/mol. The molecule has 0 bridgehead atoms. The van der Waals surface area contributed by atoms with E-state index in [9.17, 15) is 0 Å². The van der Waals surface area contributed by atoms with Crippen LogP contribution < -0.4 is 0 Å². The Kier molecular flexibility index (Phi) is 6.23. The minimum atomic E-state index is -0.918. The van der Waals surface area contributed by atoms with Gasteiger partial charge in [0.1, 0.15) is 6.10 Å². The maximum Gasteiger partial charge on any atom is 0.151 e. The monoisotopic (exact) mass is 179 g/mol. The van der Waals surface area contributed by atoms with Gasteiger partial charge in [-0.1, -0.05) is 0 Å². The molecule has 0 fully saturated rings. The third kappa shape index (κ3) is 7.90. The Morgan fingerprint density at radius 2 is 1.42 bits per heavy atom. The fourth-order valence-electron chi connectivity index (χ4n) is 0.475. The Bertz CT molecular complexity index is 92.0. The molecule has 73 valence electrons. The van der Waals surface area contributed by atoms with E-state index >= 15 is 0 Å². The van der Waals surface area contributed by atoms with Crippen molar-refractivity contribution in [2.45, 2.75) is 26.4 Å². The molecule has 0 aromatic rings. The molecule has 2 unspecified atom stereocenters. The second-order valence-electron chi connectivity index (χ2n) is 2.39. The lowest BCUT2D eigenvalue weighted by molar-refractivity contribution is -0.120. The zero-order chi connectivity index (χ0) is 9.56. The van der Waals surface area contributed by atoms with E-state index in [1.807, 2.05) is 0 Å². The largest absolute Gasteiger partial charge is 0.382 e. The summed E-state index contributed by atoms with van der Waals surface area (Å²) in [4.78, 5) is 0. The van der Waals surface area contributed by atoms with Gasteiger partial charge in [-0.05, 0) is 13.8 Å². The van der Waals surface area contributed by atoms with Crippen LogP contribution in [0.2, 0.25) is 0 Å². The van der Waals surface area contributed by atoms with Crippen LogP contribution in [0.1, 0.15) is 13.8 Å². The van der Waals surface area contributed by atoms with Gasteiger partial charge < -0.3 is 24.8 Å². The standard InChI is InChI=1S/C7H15O5/c1-5(8)11-3-7(10)4-12-6(2)9/h5-6,8-10H,3-4H2,1-2H3. The Hall–Kier alpha value is -0.200. The summed E-state index contributed by atoms with van der Waals surface area (Å²) in [7, 11) is 0. The Balaban J connectivity index is 3.27. The van der Waals surface area contributed by atoms with Crippen LogP contribution in [0.15, 0.2) is 0 Å². The second-order valence-corrected chi connectivity index (χ2v) is 2.39. The highest BCUT2D eigenvalue weighted by atomic mass is 16.6. The molecule has 0 aromatic carbocycles. The molecule has 0 aliphatic carbocycles. The molecule has 0 saturated heterocycles. The van der Waals surface area contributed by atoms with Gasteiger partial charge in [-0.3, -0.25) is 0 Å². The maximum absolute atomic E-state index is 8.99. The van der Waals surface area contributed by atoms with E-state index in [2.05, 4.69) is 9.47 Å². The van der Waals surface area contributed by atoms with Crippen molar-refractivity contribution in [2.75, 3.05) is 13.2 Å². The minimum absolute atomic E-state index is 0.0724. The lowest BCUT2D eigenvalue weighted by atomic mass is 10.4. The molecule has 0 aliphatic heterocycles. The summed E-state index contributed by atoms with van der Waals surface area (Å²) in [5.41, 5.74) is 0. The Morgan fingerprint density at radius 3 is 1.67 bits per heavy atom. The third-order valence-corrected chi connectivity index (χ3v) is 0.982. The molecule has 0 rings (SSSR count). The van der Waals surface area contributed by atoms with Gasteiger partial charge in [0, 0.05) is 0 Å². The SMILES string of the molecule is CC(O)OC[C](O)COC(C)O. The van der Waals surface area contributed by atoms with Gasteiger partial charge in [-0.15, -0.1) is 0 Å². The van der Waals surface area contributed by atoms with Crippen molar-refractivity contribution in [1.82, 2.24) is 0 Å². The Labute approximate surface area is 71.5 Å². The lowest BCUT2D eigenvalue weighted by Crippen LogP contribution is -2.20. The van der Waals surface area contributed by atoms with Crippen LogP contribution in [0.4, 0.5) is 0 Å². The van der Waals surface area contributed by atoms with Crippen molar-refractivity contribution in [2.24, 2.45) is 0 Å². The predicted octanol–water partition coefficient (Wildman–Crippen LogP) is -0.399. The molecule has 0 aromatic heterocycles. The first kappa shape index (κ1) is 11.8. The molecular weight excluding hydrogens is 164 g/mol. The lowest BCUT2D eigenvalue weighted by Gasteiger charge is -2.13. The number of aliphatic hydroxyl groups excluding tert-OH is 3. The van der Waals surface area contributed by atoms with Gasteiger partial charge in [0.05, 0.1) is 13.2 Å². The zero-order valence-corrected chi connectivity index (χ0v) is 7.23. The van der Waals surface area contributed by atoms with Gasteiger partial charge in [-0.25, -0.2) is 0 Å². The number of rotatable bonds is 6. The summed E-state index contributed by atoms with van der Waals surface area (Å²) in [6, 6.07) is 0. The van der Waals surface area contributed by atoms with E-state index in [-0.39, 0.29) is 19.3 Å². The highest BCUT2D eigenvalue weighted by molar-refractivity contribution is 4.73. The zero-order valence-electron chi connectivity index (χ0n) is 7.23. The highest BCUT2D eigenvalue weighted by Crippen LogP contribution is 1.99. The summed E-state index contributed by atoms with van der Waals surface area (Å²) in [6.45, 7) is 2.68. The maximum atomic E-state index is 8.99. The van der Waals surface area contributed by atoms with Crippen LogP contribution in [-0.4, -0.2) is 41.1 Å². The molecule has 0 aliphatic rings. The molecule has 0 amide bonds. The van der Waals surface area contributed by atoms with Crippen LogP contribution in [0.25, 0.3) is 0 Å². The molecule has 5 nitrogen and oxygen atoms in total. The van der Waals surface area contributed by atoms with Crippen molar-refractivity contribution >= 4 is 0 Å². The fraction of sp³-hybridized carbons (Fsp3) is 0.857. The quantitative estimate of drug-likeness (QED) is 0.483. The first-order valence-electron chi connectivity index (χ1n) is 3.65. The van der Waals surface area contributed by atoms with Crippen molar-refractivity contribution < 1.29 is 24.8 Å². The summed E-state index contributed by atoms with van der Waals surface area (Å²) in [5, 5.41) is 26.3. The number of hydrogen-bond acceptors (Lipinski definition) is 5. The average Bonchev–Trinajstić information content (AvgIpc) is 1.96. The third-order valence-electron chi connectivity index (χ3n) is 0.982. The van der Waals surface area contributed by atoms with Crippen LogP contribution in [0.3, 0.4) is 0 Å². The average molecular weight is 179 g/mol. The van der Waals surface area contributed by atoms with Crippen LogP contribution in [0.5, 0.6) is 0 Å². The fourth-order valence-corrected chi connectivity index (χ4v) is 0.475. The van der Waals surface area contributed by atoms with Crippen LogP contribution >= 0.6 is 0 Å². The number of aliphatic hydroxyl groups is 3. The molecule has 0 heterocycles. The molecular formula is C7H15O5. The van der Waals surface area contributed by atoms with E-state index in [0.29, 0.717) is 0 Å². The molecule has 5 heteroatoms. The summed E-state index contributed by atoms with van der Waals surface area (Å²) < 4.78 is 9.29. The van der Waals surface area contributed by atoms with E-state index in [0.717, 1.165) is 0 Å². The number of hydrogen-bond donors (Lipinski definition) is 3. The van der Waals surface area contributed by atoms with Gasteiger partial charge in [0.25, 0.3) is 0 Å². The topological polar surface area (TPSA) is 79.2 Å². The van der Waals surface area contributed by atoms with Gasteiger partial charge in [0.15, 0.2) is 12.6 Å². The van der Waals surface area contributed by atoms with Crippen molar-refractivity contribution in [3.8, 4) is 0 Å². The summed E-state index contributed by atoms with van der Waals surface area (Å²) in [5.74, 6) is 0. The first-order chi connectivity index (χ1) is 5.52. The van der Waals surface area contributed by atoms with E-state index in [4.69, 9.17) is 15.3 Å². The van der Waals surface area contributed by atoms with Gasteiger partial charge >= 0.3 is 0 Å². The van der Waals surface area contributed by atoms with E-state index < -0.39 is 12.6 Å². The van der Waals surface area contributed by atoms with Crippen molar-refractivity contribution in [3.05, 3.63) is 6.10 Å². The highest BCUT2D eigenvalue weighted by Gasteiger charge is 2.08. The number of ether oxygens (including phenoxy) is 2. The summed E-state index contributed by atoms with van der Waals surface area (Å²) in [6.07, 6.45) is -1.91. The van der Waals surface area contributed by atoms with Crippen molar-refractivity contribution in [3.63, 3.8) is 0 Å². The van der Waals surface area contributed by atoms with Crippen molar-refractivity contribution in [1.29, 1.82) is 0 Å². The summed E-state index contributed by atoms with van der Waals surface area (Å²) >= 11 is 0. The molecule has 2 atom stereocenters. The second kappa shape index (κ2) is 6.33. The van der Waals surface area contributed by atoms with E-state index in [1.54, 1.807) is 0 Å². The first-order valence-corrected chi connectivity index (χ1v) is 3.65. The van der Waals surface area contributed by atoms with Crippen LogP contribution in [-0.2, 0) is 9.47 Å². The molecule has 12 heavy (non-hydrogen) atoms. The molecule has 0 saturated carbocycles. The van der Waals surface area contributed by atoms with Crippen LogP contribution in [0, 0.1) is 6.10 Å². The normalized spacial score (nSPS) is 16.5. The smallest absolute Gasteiger partial charge is 0.151 e. The van der Waals surface area contributed by atoms with Gasteiger partial charge in [-0.2, -0.15) is 0 Å². The van der Waals surface area contributed by atoms with Gasteiger partial charge in [0.2, 0.25) is 0 Å². The van der Waals surface area contributed by atoms with E-state index in [1.165, 1.54) is 13.8 Å². The molecule has 3 N–H and O–H groups in total. The minimum Gasteiger partial charge on any atom is -0.382 e. The molecule has 1 radical (unpaired) electrons. The molecule has 0 spiro atoms.